The van der Waals surface area contributed by atoms with Gasteiger partial charge in [-0.1, -0.05) is 42.5 Å². The molecule has 1 atom stereocenters. The van der Waals surface area contributed by atoms with Crippen LogP contribution in [0.3, 0.4) is 0 Å². The Hall–Kier alpha value is -2.99. The zero-order valence-electron chi connectivity index (χ0n) is 14.9. The predicted octanol–water partition coefficient (Wildman–Crippen LogP) is 2.23. The highest BCUT2D eigenvalue weighted by Crippen LogP contribution is 2.11. The summed E-state index contributed by atoms with van der Waals surface area (Å²) in [6.07, 6.45) is 0. The molecule has 3 rings (SSSR count). The molecule has 1 amide bonds. The number of H-pyrrole nitrogens is 1. The molecule has 0 bridgehead atoms. The topological polar surface area (TPSA) is 78.1 Å². The van der Waals surface area contributed by atoms with Gasteiger partial charge in [0.1, 0.15) is 5.82 Å². The predicted molar refractivity (Wildman–Crippen MR) is 102 cm³/mol. The number of carbonyl (C=O) groups is 1. The number of nitrogens with zero attached hydrogens (tertiary/aromatic N) is 2. The van der Waals surface area contributed by atoms with Crippen LogP contribution in [0.2, 0.25) is 0 Å². The Bertz CT molecular complexity index is 953. The van der Waals surface area contributed by atoms with Crippen molar-refractivity contribution in [3.05, 3.63) is 76.3 Å². The molecule has 2 N–H and O–H groups in total. The first kappa shape index (κ1) is 17.8. The summed E-state index contributed by atoms with van der Waals surface area (Å²) < 4.78 is 0. The van der Waals surface area contributed by atoms with E-state index in [1.165, 1.54) is 0 Å². The van der Waals surface area contributed by atoms with Crippen LogP contribution in [0.25, 0.3) is 10.9 Å². The number of aromatic amines is 1. The number of amides is 1. The van der Waals surface area contributed by atoms with Gasteiger partial charge in [-0.15, -0.1) is 0 Å². The lowest BCUT2D eigenvalue weighted by molar-refractivity contribution is -0.122. The zero-order chi connectivity index (χ0) is 18.5. The van der Waals surface area contributed by atoms with Crippen LogP contribution >= 0.6 is 0 Å². The normalized spacial score (nSPS) is 12.3. The van der Waals surface area contributed by atoms with Crippen molar-refractivity contribution in [3.8, 4) is 0 Å². The van der Waals surface area contributed by atoms with E-state index in [-0.39, 0.29) is 24.1 Å². The Morgan fingerprint density at radius 1 is 1.15 bits per heavy atom. The number of nitrogens with one attached hydrogen (secondary N) is 2. The largest absolute Gasteiger partial charge is 0.348 e. The molecule has 3 aromatic rings. The summed E-state index contributed by atoms with van der Waals surface area (Å²) in [6.45, 7) is 2.55. The zero-order valence-corrected chi connectivity index (χ0v) is 14.9. The number of benzene rings is 2. The molecule has 0 radical (unpaired) electrons. The van der Waals surface area contributed by atoms with Crippen molar-refractivity contribution < 1.29 is 4.79 Å². The van der Waals surface area contributed by atoms with E-state index < -0.39 is 0 Å². The van der Waals surface area contributed by atoms with Crippen LogP contribution in [0.4, 0.5) is 0 Å². The van der Waals surface area contributed by atoms with Crippen LogP contribution < -0.4 is 10.9 Å². The second kappa shape index (κ2) is 7.93. The van der Waals surface area contributed by atoms with E-state index in [1.807, 2.05) is 67.4 Å². The molecule has 1 aromatic heterocycles. The molecule has 26 heavy (non-hydrogen) atoms. The Balaban J connectivity index is 1.61. The smallest absolute Gasteiger partial charge is 0.258 e. The van der Waals surface area contributed by atoms with Crippen molar-refractivity contribution in [1.82, 2.24) is 20.2 Å². The van der Waals surface area contributed by atoms with E-state index in [2.05, 4.69) is 15.3 Å². The fraction of sp³-hybridized carbons (Fsp3) is 0.250. The molecule has 0 aliphatic heterocycles. The number of hydrogen-bond donors (Lipinski definition) is 2. The fourth-order valence-corrected chi connectivity index (χ4v) is 2.88. The molecule has 0 saturated carbocycles. The van der Waals surface area contributed by atoms with Gasteiger partial charge >= 0.3 is 0 Å². The minimum Gasteiger partial charge on any atom is -0.348 e. The number of hydrogen-bond acceptors (Lipinski definition) is 4. The molecule has 0 aliphatic carbocycles. The first-order chi connectivity index (χ1) is 12.5. The Morgan fingerprint density at radius 2 is 1.85 bits per heavy atom. The lowest BCUT2D eigenvalue weighted by Crippen LogP contribution is -2.36. The van der Waals surface area contributed by atoms with Gasteiger partial charge in [0.25, 0.3) is 5.56 Å². The van der Waals surface area contributed by atoms with Gasteiger partial charge in [0, 0.05) is 0 Å². The molecule has 0 fully saturated rings. The van der Waals surface area contributed by atoms with Gasteiger partial charge in [0.05, 0.1) is 30.0 Å². The fourth-order valence-electron chi connectivity index (χ4n) is 2.88. The number of fused-ring (bicyclic) bond motifs is 1. The first-order valence-corrected chi connectivity index (χ1v) is 8.53. The number of likely N-dealkylation sites (N-methyl/N-ethyl adjacent to an activating group) is 1. The Kier molecular flexibility index (Phi) is 5.43. The number of rotatable bonds is 6. The monoisotopic (exact) mass is 350 g/mol. The molecule has 0 aliphatic rings. The van der Waals surface area contributed by atoms with Crippen molar-refractivity contribution in [1.29, 1.82) is 0 Å². The molecule has 0 saturated heterocycles. The average Bonchev–Trinajstić information content (AvgIpc) is 2.62. The standard InChI is InChI=1S/C20H22N4O2/c1-14(15-8-4-3-5-9-15)21-19(25)13-24(2)12-18-22-17-11-7-6-10-16(17)20(26)23-18/h3-11,14H,12-13H2,1-2H3,(H,21,25)(H,22,23,26)/t14-/m1/s1. The van der Waals surface area contributed by atoms with Gasteiger partial charge in [-0.3, -0.25) is 14.5 Å². The molecule has 134 valence electrons. The summed E-state index contributed by atoms with van der Waals surface area (Å²) in [4.78, 5) is 33.4. The summed E-state index contributed by atoms with van der Waals surface area (Å²) in [5.74, 6) is 0.465. The van der Waals surface area contributed by atoms with E-state index in [4.69, 9.17) is 0 Å². The van der Waals surface area contributed by atoms with Crippen LogP contribution in [0, 0.1) is 0 Å². The molecule has 2 aromatic carbocycles. The van der Waals surface area contributed by atoms with Crippen molar-refractivity contribution in [2.75, 3.05) is 13.6 Å². The molecule has 6 nitrogen and oxygen atoms in total. The molecule has 0 unspecified atom stereocenters. The Morgan fingerprint density at radius 3 is 2.62 bits per heavy atom. The van der Waals surface area contributed by atoms with E-state index in [0.717, 1.165) is 5.56 Å². The van der Waals surface area contributed by atoms with E-state index in [9.17, 15) is 9.59 Å². The van der Waals surface area contributed by atoms with Gasteiger partial charge in [0.15, 0.2) is 0 Å². The molecule has 1 heterocycles. The van der Waals surface area contributed by atoms with Crippen LogP contribution in [0.1, 0.15) is 24.4 Å². The molecule has 6 heteroatoms. The quantitative estimate of drug-likeness (QED) is 0.715. The minimum atomic E-state index is -0.166. The highest BCUT2D eigenvalue weighted by atomic mass is 16.2. The van der Waals surface area contributed by atoms with Crippen molar-refractivity contribution in [3.63, 3.8) is 0 Å². The lowest BCUT2D eigenvalue weighted by atomic mass is 10.1. The van der Waals surface area contributed by atoms with Gasteiger partial charge < -0.3 is 10.3 Å². The summed E-state index contributed by atoms with van der Waals surface area (Å²) in [6, 6.07) is 17.0. The van der Waals surface area contributed by atoms with E-state index in [0.29, 0.717) is 23.3 Å². The van der Waals surface area contributed by atoms with Crippen LogP contribution in [-0.4, -0.2) is 34.4 Å². The van der Waals surface area contributed by atoms with Crippen LogP contribution in [0.5, 0.6) is 0 Å². The number of aromatic nitrogens is 2. The maximum absolute atomic E-state index is 12.3. The third-order valence-electron chi connectivity index (χ3n) is 4.17. The summed E-state index contributed by atoms with van der Waals surface area (Å²) in [7, 11) is 1.82. The van der Waals surface area contributed by atoms with Gasteiger partial charge in [-0.05, 0) is 31.7 Å². The first-order valence-electron chi connectivity index (χ1n) is 8.53. The second-order valence-electron chi connectivity index (χ2n) is 6.40. The van der Waals surface area contributed by atoms with Crippen LogP contribution in [0.15, 0.2) is 59.4 Å². The maximum Gasteiger partial charge on any atom is 0.258 e. The highest BCUT2D eigenvalue weighted by molar-refractivity contribution is 5.78. The number of carbonyl (C=O) groups excluding carboxylic acids is 1. The maximum atomic E-state index is 12.3. The number of para-hydroxylation sites is 1. The average molecular weight is 350 g/mol. The van der Waals surface area contributed by atoms with Gasteiger partial charge in [-0.2, -0.15) is 0 Å². The molecular weight excluding hydrogens is 328 g/mol. The summed E-state index contributed by atoms with van der Waals surface area (Å²) in [5, 5.41) is 3.54. The SMILES string of the molecule is C[C@@H](NC(=O)CN(C)Cc1nc2ccccc2c(=O)[nH]1)c1ccccc1. The lowest BCUT2D eigenvalue weighted by Gasteiger charge is -2.19. The highest BCUT2D eigenvalue weighted by Gasteiger charge is 2.13. The summed E-state index contributed by atoms with van der Waals surface area (Å²) in [5.41, 5.74) is 1.55. The van der Waals surface area contributed by atoms with Crippen molar-refractivity contribution >= 4 is 16.8 Å². The second-order valence-corrected chi connectivity index (χ2v) is 6.40. The minimum absolute atomic E-state index is 0.0595. The van der Waals surface area contributed by atoms with Crippen LogP contribution in [-0.2, 0) is 11.3 Å². The van der Waals surface area contributed by atoms with Crippen molar-refractivity contribution in [2.24, 2.45) is 0 Å². The van der Waals surface area contributed by atoms with E-state index >= 15 is 0 Å². The van der Waals surface area contributed by atoms with E-state index in [1.54, 1.807) is 6.07 Å². The van der Waals surface area contributed by atoms with Crippen molar-refractivity contribution in [2.45, 2.75) is 19.5 Å². The Labute approximate surface area is 151 Å². The third-order valence-corrected chi connectivity index (χ3v) is 4.17. The van der Waals surface area contributed by atoms with Gasteiger partial charge in [0.2, 0.25) is 5.91 Å². The third kappa shape index (κ3) is 4.34. The van der Waals surface area contributed by atoms with Gasteiger partial charge in [-0.25, -0.2) is 4.98 Å². The molecular formula is C20H22N4O2. The summed E-state index contributed by atoms with van der Waals surface area (Å²) >= 11 is 0. The molecule has 0 spiro atoms.